The molecule has 6 nitrogen and oxygen atoms in total. The van der Waals surface area contributed by atoms with Gasteiger partial charge in [0.2, 0.25) is 5.91 Å². The minimum Gasteiger partial charge on any atom is -0.478 e. The van der Waals surface area contributed by atoms with Crippen LogP contribution in [0.1, 0.15) is 23.2 Å². The van der Waals surface area contributed by atoms with Crippen molar-refractivity contribution in [3.05, 3.63) is 28.8 Å². The lowest BCUT2D eigenvalue weighted by molar-refractivity contribution is -0.117. The van der Waals surface area contributed by atoms with E-state index < -0.39 is 17.9 Å². The van der Waals surface area contributed by atoms with E-state index in [2.05, 4.69) is 10.6 Å². The number of carboxylic acids is 1. The summed E-state index contributed by atoms with van der Waals surface area (Å²) in [7, 11) is 0. The molecule has 0 heterocycles. The van der Waals surface area contributed by atoms with E-state index in [1.54, 1.807) is 6.07 Å². The predicted octanol–water partition coefficient (Wildman–Crippen LogP) is 2.12. The average molecular weight is 329 g/mol. The fraction of sp³-hybridized carbons (Fsp3) is 0.308. The van der Waals surface area contributed by atoms with E-state index in [1.165, 1.54) is 12.1 Å². The first-order chi connectivity index (χ1) is 9.95. The quantitative estimate of drug-likeness (QED) is 0.720. The topological polar surface area (TPSA) is 95.5 Å². The van der Waals surface area contributed by atoms with Gasteiger partial charge in [-0.25, -0.2) is 9.59 Å². The number of carbonyl (C=O) groups excluding carboxylic acids is 2. The van der Waals surface area contributed by atoms with Gasteiger partial charge in [-0.1, -0.05) is 11.6 Å². The molecule has 1 aliphatic carbocycles. The van der Waals surface area contributed by atoms with Gasteiger partial charge < -0.3 is 10.4 Å². The van der Waals surface area contributed by atoms with E-state index in [-0.39, 0.29) is 22.4 Å². The number of carbonyl (C=O) groups is 3. The summed E-state index contributed by atoms with van der Waals surface area (Å²) in [6.45, 7) is 0. The normalized spacial score (nSPS) is 13.6. The lowest BCUT2D eigenvalue weighted by Gasteiger charge is -2.06. The van der Waals surface area contributed by atoms with Gasteiger partial charge in [-0.3, -0.25) is 10.1 Å². The van der Waals surface area contributed by atoms with Crippen LogP contribution in [0.25, 0.3) is 0 Å². The van der Waals surface area contributed by atoms with Crippen molar-refractivity contribution < 1.29 is 19.5 Å². The van der Waals surface area contributed by atoms with E-state index in [9.17, 15) is 14.4 Å². The Morgan fingerprint density at radius 1 is 1.33 bits per heavy atom. The number of amides is 3. The van der Waals surface area contributed by atoms with E-state index in [1.807, 2.05) is 0 Å². The molecule has 3 amide bonds. The monoisotopic (exact) mass is 328 g/mol. The van der Waals surface area contributed by atoms with Crippen molar-refractivity contribution >= 4 is 41.3 Å². The SMILES string of the molecule is O=C(CSc1ccc(Cl)c(C(=O)O)c1)NC(=O)NC1CC1. The molecular formula is C13H13ClN2O4S. The van der Waals surface area contributed by atoms with Crippen molar-refractivity contribution in [2.45, 2.75) is 23.8 Å². The summed E-state index contributed by atoms with van der Waals surface area (Å²) in [5, 5.41) is 13.9. The van der Waals surface area contributed by atoms with Gasteiger partial charge in [0.05, 0.1) is 16.3 Å². The lowest BCUT2D eigenvalue weighted by Crippen LogP contribution is -2.41. The fourth-order valence-electron chi connectivity index (χ4n) is 1.52. The third-order valence-electron chi connectivity index (χ3n) is 2.70. The first-order valence-corrected chi connectivity index (χ1v) is 7.58. The van der Waals surface area contributed by atoms with E-state index in [0.29, 0.717) is 4.90 Å². The number of benzene rings is 1. The molecule has 0 bridgehead atoms. The van der Waals surface area contributed by atoms with Crippen molar-refractivity contribution in [1.82, 2.24) is 10.6 Å². The van der Waals surface area contributed by atoms with E-state index >= 15 is 0 Å². The van der Waals surface area contributed by atoms with Gasteiger partial charge in [-0.15, -0.1) is 11.8 Å². The molecular weight excluding hydrogens is 316 g/mol. The number of thioether (sulfide) groups is 1. The molecule has 0 radical (unpaired) electrons. The fourth-order valence-corrected chi connectivity index (χ4v) is 2.45. The number of nitrogens with one attached hydrogen (secondary N) is 2. The number of imide groups is 1. The zero-order valence-electron chi connectivity index (χ0n) is 10.9. The van der Waals surface area contributed by atoms with Crippen LogP contribution in [-0.2, 0) is 4.79 Å². The van der Waals surface area contributed by atoms with Crippen LogP contribution in [0.3, 0.4) is 0 Å². The summed E-state index contributed by atoms with van der Waals surface area (Å²) in [5.74, 6) is -1.56. The zero-order chi connectivity index (χ0) is 15.4. The van der Waals surface area contributed by atoms with Gasteiger partial charge in [-0.05, 0) is 31.0 Å². The molecule has 8 heteroatoms. The summed E-state index contributed by atoms with van der Waals surface area (Å²) in [5.41, 5.74) is -0.0199. The molecule has 0 spiro atoms. The maximum absolute atomic E-state index is 11.6. The molecule has 0 atom stereocenters. The highest BCUT2D eigenvalue weighted by Crippen LogP contribution is 2.24. The summed E-state index contributed by atoms with van der Waals surface area (Å²) in [6, 6.07) is 4.17. The van der Waals surface area contributed by atoms with E-state index in [0.717, 1.165) is 24.6 Å². The molecule has 0 aromatic heterocycles. The Morgan fingerprint density at radius 3 is 2.67 bits per heavy atom. The number of aromatic carboxylic acids is 1. The van der Waals surface area contributed by atoms with E-state index in [4.69, 9.17) is 16.7 Å². The molecule has 1 aromatic carbocycles. The Bertz CT molecular complexity index is 590. The van der Waals surface area contributed by atoms with Gasteiger partial charge in [0, 0.05) is 10.9 Å². The lowest BCUT2D eigenvalue weighted by atomic mass is 10.2. The van der Waals surface area contributed by atoms with Crippen LogP contribution in [0.2, 0.25) is 5.02 Å². The molecule has 0 saturated heterocycles. The molecule has 1 saturated carbocycles. The number of halogens is 1. The second kappa shape index (κ2) is 6.82. The zero-order valence-corrected chi connectivity index (χ0v) is 12.5. The van der Waals surface area contributed by atoms with Crippen molar-refractivity contribution in [3.63, 3.8) is 0 Å². The van der Waals surface area contributed by atoms with Crippen LogP contribution in [0.4, 0.5) is 4.79 Å². The molecule has 3 N–H and O–H groups in total. The van der Waals surface area contributed by atoms with Gasteiger partial charge in [-0.2, -0.15) is 0 Å². The molecule has 1 aliphatic rings. The van der Waals surface area contributed by atoms with Crippen molar-refractivity contribution in [3.8, 4) is 0 Å². The van der Waals surface area contributed by atoms with Gasteiger partial charge in [0.25, 0.3) is 0 Å². The molecule has 0 aliphatic heterocycles. The van der Waals surface area contributed by atoms with Crippen LogP contribution in [0.15, 0.2) is 23.1 Å². The van der Waals surface area contributed by atoms with Crippen LogP contribution in [0.5, 0.6) is 0 Å². The van der Waals surface area contributed by atoms with Crippen LogP contribution >= 0.6 is 23.4 Å². The van der Waals surface area contributed by atoms with Crippen LogP contribution in [-0.4, -0.2) is 34.8 Å². The molecule has 0 unspecified atom stereocenters. The Labute approximate surface area is 130 Å². The van der Waals surface area contributed by atoms with Crippen LogP contribution in [0, 0.1) is 0 Å². The Hall–Kier alpha value is -1.73. The van der Waals surface area contributed by atoms with Gasteiger partial charge >= 0.3 is 12.0 Å². The third kappa shape index (κ3) is 4.95. The van der Waals surface area contributed by atoms with Crippen molar-refractivity contribution in [1.29, 1.82) is 0 Å². The summed E-state index contributed by atoms with van der Waals surface area (Å²) in [6.07, 6.45) is 1.89. The Kier molecular flexibility index (Phi) is 5.08. The minimum atomic E-state index is -1.13. The number of hydrogen-bond acceptors (Lipinski definition) is 4. The maximum atomic E-state index is 11.6. The smallest absolute Gasteiger partial charge is 0.337 e. The Morgan fingerprint density at radius 2 is 2.05 bits per heavy atom. The van der Waals surface area contributed by atoms with Crippen molar-refractivity contribution in [2.24, 2.45) is 0 Å². The average Bonchev–Trinajstić information content (AvgIpc) is 3.21. The first kappa shape index (κ1) is 15.7. The van der Waals surface area contributed by atoms with Crippen LogP contribution < -0.4 is 10.6 Å². The molecule has 2 rings (SSSR count). The Balaban J connectivity index is 1.84. The maximum Gasteiger partial charge on any atom is 0.337 e. The third-order valence-corrected chi connectivity index (χ3v) is 4.03. The number of rotatable bonds is 5. The number of carboxylic acid groups (broad SMARTS) is 1. The second-order valence-corrected chi connectivity index (χ2v) is 5.99. The summed E-state index contributed by atoms with van der Waals surface area (Å²) >= 11 is 6.89. The summed E-state index contributed by atoms with van der Waals surface area (Å²) < 4.78 is 0. The standard InChI is InChI=1S/C13H13ClN2O4S/c14-10-4-3-8(5-9(10)12(18)19)21-6-11(17)16-13(20)15-7-1-2-7/h3-5,7H,1-2,6H2,(H,18,19)(H2,15,16,17,20). The predicted molar refractivity (Wildman–Crippen MR) is 78.8 cm³/mol. The van der Waals surface area contributed by atoms with Gasteiger partial charge in [0.1, 0.15) is 0 Å². The highest BCUT2D eigenvalue weighted by Gasteiger charge is 2.23. The first-order valence-electron chi connectivity index (χ1n) is 6.21. The summed E-state index contributed by atoms with van der Waals surface area (Å²) in [4.78, 5) is 34.5. The second-order valence-electron chi connectivity index (χ2n) is 4.53. The molecule has 21 heavy (non-hydrogen) atoms. The highest BCUT2D eigenvalue weighted by molar-refractivity contribution is 8.00. The molecule has 1 fully saturated rings. The highest BCUT2D eigenvalue weighted by atomic mass is 35.5. The largest absolute Gasteiger partial charge is 0.478 e. The number of hydrogen-bond donors (Lipinski definition) is 3. The molecule has 1 aromatic rings. The molecule has 112 valence electrons. The minimum absolute atomic E-state index is 0.0127. The van der Waals surface area contributed by atoms with Gasteiger partial charge in [0.15, 0.2) is 0 Å². The van der Waals surface area contributed by atoms with Crippen molar-refractivity contribution in [2.75, 3.05) is 5.75 Å². The number of urea groups is 1.